The second-order valence-electron chi connectivity index (χ2n) is 4.53. The lowest BCUT2D eigenvalue weighted by molar-refractivity contribution is 0.0697. The van der Waals surface area contributed by atoms with E-state index in [9.17, 15) is 14.8 Å². The number of carboxylic acids is 1. The minimum atomic E-state index is -0.952. The molecule has 0 saturated carbocycles. The van der Waals surface area contributed by atoms with Gasteiger partial charge in [-0.15, -0.1) is 0 Å². The van der Waals surface area contributed by atoms with Gasteiger partial charge in [0, 0.05) is 11.5 Å². The number of carboxylic acid groups (broad SMARTS) is 1. The molecular weight excluding hydrogens is 242 g/mol. The maximum absolute atomic E-state index is 11.3. The van der Waals surface area contributed by atoms with Crippen molar-refractivity contribution in [1.29, 1.82) is 0 Å². The standard InChI is InChI=1S/C15H11NO3/c17-15(18)12-7-3-6-11-13(8-16-19)9-4-1-2-5-10(9)14(11)12/h1-7,13H,8H2,(H,17,18). The molecule has 19 heavy (non-hydrogen) atoms. The minimum absolute atomic E-state index is 0.132. The molecule has 1 aliphatic carbocycles. The Morgan fingerprint density at radius 3 is 2.58 bits per heavy atom. The quantitative estimate of drug-likeness (QED) is 0.853. The smallest absolute Gasteiger partial charge is 0.336 e. The van der Waals surface area contributed by atoms with E-state index in [1.54, 1.807) is 12.1 Å². The number of fused-ring (bicyclic) bond motifs is 3. The van der Waals surface area contributed by atoms with Gasteiger partial charge in [-0.25, -0.2) is 4.79 Å². The summed E-state index contributed by atoms with van der Waals surface area (Å²) in [5, 5.41) is 12.3. The van der Waals surface area contributed by atoms with Crippen molar-refractivity contribution >= 4 is 5.97 Å². The van der Waals surface area contributed by atoms with Gasteiger partial charge in [0.1, 0.15) is 0 Å². The average Bonchev–Trinajstić information content (AvgIpc) is 2.74. The van der Waals surface area contributed by atoms with Gasteiger partial charge in [-0.1, -0.05) is 41.6 Å². The second kappa shape index (κ2) is 4.31. The molecule has 1 atom stereocenters. The summed E-state index contributed by atoms with van der Waals surface area (Å²) in [6, 6.07) is 12.8. The molecule has 2 aromatic carbocycles. The molecule has 0 bridgehead atoms. The van der Waals surface area contributed by atoms with E-state index in [0.29, 0.717) is 0 Å². The number of benzene rings is 2. The topological polar surface area (TPSA) is 66.7 Å². The molecule has 0 spiro atoms. The zero-order chi connectivity index (χ0) is 13.4. The number of aromatic carboxylic acids is 1. The van der Waals surface area contributed by atoms with Crippen LogP contribution in [0.3, 0.4) is 0 Å². The lowest BCUT2D eigenvalue weighted by atomic mass is 9.96. The number of nitrogens with zero attached hydrogens (tertiary/aromatic N) is 1. The molecule has 4 heteroatoms. The van der Waals surface area contributed by atoms with Crippen molar-refractivity contribution in [2.75, 3.05) is 6.54 Å². The van der Waals surface area contributed by atoms with Crippen LogP contribution in [0, 0.1) is 4.91 Å². The monoisotopic (exact) mass is 253 g/mol. The predicted octanol–water partition coefficient (Wildman–Crippen LogP) is 3.26. The summed E-state index contributed by atoms with van der Waals surface area (Å²) in [7, 11) is 0. The average molecular weight is 253 g/mol. The van der Waals surface area contributed by atoms with Crippen molar-refractivity contribution in [3.63, 3.8) is 0 Å². The molecule has 0 fully saturated rings. The van der Waals surface area contributed by atoms with Crippen LogP contribution in [0.2, 0.25) is 0 Å². The van der Waals surface area contributed by atoms with Crippen molar-refractivity contribution in [2.45, 2.75) is 5.92 Å². The van der Waals surface area contributed by atoms with Crippen LogP contribution in [-0.2, 0) is 0 Å². The van der Waals surface area contributed by atoms with Gasteiger partial charge in [0.2, 0.25) is 0 Å². The molecule has 4 nitrogen and oxygen atoms in total. The highest BCUT2D eigenvalue weighted by molar-refractivity contribution is 5.99. The van der Waals surface area contributed by atoms with Crippen molar-refractivity contribution in [3.05, 3.63) is 64.1 Å². The Labute approximate surface area is 109 Å². The van der Waals surface area contributed by atoms with Gasteiger partial charge < -0.3 is 5.11 Å². The Kier molecular flexibility index (Phi) is 2.63. The van der Waals surface area contributed by atoms with Crippen molar-refractivity contribution in [1.82, 2.24) is 0 Å². The highest BCUT2D eigenvalue weighted by Crippen LogP contribution is 2.46. The lowest BCUT2D eigenvalue weighted by Gasteiger charge is -2.08. The molecule has 0 aliphatic heterocycles. The molecule has 2 aromatic rings. The van der Waals surface area contributed by atoms with E-state index >= 15 is 0 Å². The third-order valence-electron chi connectivity index (χ3n) is 3.57. The van der Waals surface area contributed by atoms with Crippen LogP contribution in [-0.4, -0.2) is 17.6 Å². The van der Waals surface area contributed by atoms with Crippen LogP contribution < -0.4 is 0 Å². The van der Waals surface area contributed by atoms with Gasteiger partial charge in [-0.05, 0) is 22.8 Å². The SMILES string of the molecule is O=NCC1c2ccccc2-c2c(C(=O)O)cccc21. The van der Waals surface area contributed by atoms with E-state index in [-0.39, 0.29) is 18.0 Å². The van der Waals surface area contributed by atoms with Crippen LogP contribution >= 0.6 is 0 Å². The summed E-state index contributed by atoms with van der Waals surface area (Å²) < 4.78 is 0. The Balaban J connectivity index is 2.32. The molecule has 94 valence electrons. The first-order chi connectivity index (χ1) is 9.24. The van der Waals surface area contributed by atoms with Crippen LogP contribution in [0.1, 0.15) is 27.4 Å². The predicted molar refractivity (Wildman–Crippen MR) is 71.3 cm³/mol. The van der Waals surface area contributed by atoms with Gasteiger partial charge in [0.05, 0.1) is 12.1 Å². The number of hydrogen-bond acceptors (Lipinski definition) is 3. The summed E-state index contributed by atoms with van der Waals surface area (Å²) in [6.07, 6.45) is 0. The van der Waals surface area contributed by atoms with Crippen LogP contribution in [0.25, 0.3) is 11.1 Å². The summed E-state index contributed by atoms with van der Waals surface area (Å²) in [5.41, 5.74) is 3.74. The van der Waals surface area contributed by atoms with E-state index in [1.807, 2.05) is 30.3 Å². The third kappa shape index (κ3) is 1.64. The van der Waals surface area contributed by atoms with E-state index in [2.05, 4.69) is 5.18 Å². The fraction of sp³-hybridized carbons (Fsp3) is 0.133. The van der Waals surface area contributed by atoms with Crippen LogP contribution in [0.4, 0.5) is 0 Å². The van der Waals surface area contributed by atoms with Gasteiger partial charge >= 0.3 is 5.97 Å². The van der Waals surface area contributed by atoms with Gasteiger partial charge in [0.15, 0.2) is 0 Å². The van der Waals surface area contributed by atoms with Gasteiger partial charge in [0.25, 0.3) is 0 Å². The zero-order valence-electron chi connectivity index (χ0n) is 10.0. The molecule has 1 N–H and O–H groups in total. The molecule has 3 rings (SSSR count). The zero-order valence-corrected chi connectivity index (χ0v) is 10.0. The first kappa shape index (κ1) is 11.6. The minimum Gasteiger partial charge on any atom is -0.478 e. The summed E-state index contributed by atoms with van der Waals surface area (Å²) in [5.74, 6) is -1.09. The third-order valence-corrected chi connectivity index (χ3v) is 3.57. The van der Waals surface area contributed by atoms with Crippen LogP contribution in [0.15, 0.2) is 47.6 Å². The molecule has 0 saturated heterocycles. The largest absolute Gasteiger partial charge is 0.478 e. The van der Waals surface area contributed by atoms with Crippen molar-refractivity contribution in [3.8, 4) is 11.1 Å². The van der Waals surface area contributed by atoms with E-state index in [0.717, 1.165) is 22.3 Å². The number of rotatable bonds is 3. The van der Waals surface area contributed by atoms with Gasteiger partial charge in [-0.2, -0.15) is 4.91 Å². The number of hydrogen-bond donors (Lipinski definition) is 1. The fourth-order valence-electron chi connectivity index (χ4n) is 2.81. The Bertz CT molecular complexity index is 679. The summed E-state index contributed by atoms with van der Waals surface area (Å²) in [6.45, 7) is 0.132. The highest BCUT2D eigenvalue weighted by Gasteiger charge is 2.31. The normalized spacial score (nSPS) is 15.7. The fourth-order valence-corrected chi connectivity index (χ4v) is 2.81. The Morgan fingerprint density at radius 1 is 1.11 bits per heavy atom. The van der Waals surface area contributed by atoms with E-state index < -0.39 is 5.97 Å². The molecule has 0 radical (unpaired) electrons. The first-order valence-corrected chi connectivity index (χ1v) is 5.98. The lowest BCUT2D eigenvalue weighted by Crippen LogP contribution is -2.02. The highest BCUT2D eigenvalue weighted by atomic mass is 16.4. The number of nitroso groups, excluding NO2 is 1. The maximum Gasteiger partial charge on any atom is 0.336 e. The Morgan fingerprint density at radius 2 is 1.84 bits per heavy atom. The summed E-state index contributed by atoms with van der Waals surface area (Å²) >= 11 is 0. The molecule has 0 amide bonds. The van der Waals surface area contributed by atoms with E-state index in [1.165, 1.54) is 0 Å². The maximum atomic E-state index is 11.3. The van der Waals surface area contributed by atoms with E-state index in [4.69, 9.17) is 0 Å². The molecule has 0 heterocycles. The summed E-state index contributed by atoms with van der Waals surface area (Å²) in [4.78, 5) is 22.0. The first-order valence-electron chi connectivity index (χ1n) is 5.98. The van der Waals surface area contributed by atoms with Crippen molar-refractivity contribution < 1.29 is 9.90 Å². The van der Waals surface area contributed by atoms with Crippen LogP contribution in [0.5, 0.6) is 0 Å². The molecule has 1 unspecified atom stereocenters. The molecular formula is C15H11NO3. The Hall–Kier alpha value is -2.49. The second-order valence-corrected chi connectivity index (χ2v) is 4.53. The van der Waals surface area contributed by atoms with Gasteiger partial charge in [-0.3, -0.25) is 0 Å². The number of carbonyl (C=O) groups is 1. The van der Waals surface area contributed by atoms with Crippen molar-refractivity contribution in [2.24, 2.45) is 5.18 Å². The molecule has 0 aromatic heterocycles. The molecule has 1 aliphatic rings.